The summed E-state index contributed by atoms with van der Waals surface area (Å²) in [4.78, 5) is 14.0. The SMILES string of the molecule is COc1ccc(-c2c3c4n(c(-c5ccc(C)cc5)cn4c2C(=O)Nc2ccc(Cl)c(Cl)c2)CCCC3)cc1. The molecule has 1 amide bonds. The molecule has 0 saturated heterocycles. The summed E-state index contributed by atoms with van der Waals surface area (Å²) in [7, 11) is 1.65. The standard InChI is InChI=1S/C31H27Cl2N3O2/c1-19-6-8-20(9-7-19)27-18-36-29(30(37)34-22-12-15-25(32)26(33)17-22)28(21-10-13-23(38-2)14-11-21)24-5-3-4-16-35(27)31(24)36/h6-15,17-18H,3-5,16H2,1-2H3,(H,34,37). The third kappa shape index (κ3) is 4.26. The molecule has 5 nitrogen and oxygen atoms in total. The zero-order valence-electron chi connectivity index (χ0n) is 21.2. The van der Waals surface area contributed by atoms with Crippen molar-refractivity contribution in [2.45, 2.75) is 32.7 Å². The third-order valence-corrected chi connectivity index (χ3v) is 7.99. The van der Waals surface area contributed by atoms with Gasteiger partial charge in [-0.25, -0.2) is 0 Å². The van der Waals surface area contributed by atoms with E-state index in [9.17, 15) is 4.79 Å². The Hall–Kier alpha value is -3.67. The lowest BCUT2D eigenvalue weighted by Gasteiger charge is -2.11. The molecule has 7 heteroatoms. The van der Waals surface area contributed by atoms with Crippen molar-refractivity contribution in [2.24, 2.45) is 0 Å². The second kappa shape index (κ2) is 9.90. The van der Waals surface area contributed by atoms with E-state index in [2.05, 4.69) is 51.7 Å². The minimum Gasteiger partial charge on any atom is -0.497 e. The van der Waals surface area contributed by atoms with Crippen molar-refractivity contribution in [1.82, 2.24) is 8.97 Å². The van der Waals surface area contributed by atoms with E-state index < -0.39 is 0 Å². The zero-order valence-corrected chi connectivity index (χ0v) is 22.7. The normalized spacial score (nSPS) is 12.9. The van der Waals surface area contributed by atoms with Crippen LogP contribution in [-0.2, 0) is 13.0 Å². The largest absolute Gasteiger partial charge is 0.497 e. The molecule has 2 aromatic heterocycles. The molecule has 192 valence electrons. The van der Waals surface area contributed by atoms with Crippen molar-refractivity contribution in [3.8, 4) is 28.1 Å². The van der Waals surface area contributed by atoms with Gasteiger partial charge in [0.05, 0.1) is 22.8 Å². The quantitative estimate of drug-likeness (QED) is 0.242. The fraction of sp³-hybridized carbons (Fsp3) is 0.194. The number of carbonyl (C=O) groups excluding carboxylic acids is 1. The Balaban J connectivity index is 1.58. The highest BCUT2D eigenvalue weighted by molar-refractivity contribution is 6.42. The van der Waals surface area contributed by atoms with E-state index in [1.807, 2.05) is 24.3 Å². The highest BCUT2D eigenvalue weighted by Crippen LogP contribution is 2.40. The third-order valence-electron chi connectivity index (χ3n) is 7.25. The fourth-order valence-corrected chi connectivity index (χ4v) is 5.69. The number of halogens is 2. The number of nitrogens with one attached hydrogen (secondary N) is 1. The van der Waals surface area contributed by atoms with E-state index >= 15 is 0 Å². The number of carbonyl (C=O) groups is 1. The molecule has 38 heavy (non-hydrogen) atoms. The van der Waals surface area contributed by atoms with E-state index in [4.69, 9.17) is 27.9 Å². The number of nitrogens with zero attached hydrogens (tertiary/aromatic N) is 2. The number of amides is 1. The Labute approximate surface area is 231 Å². The van der Waals surface area contributed by atoms with Gasteiger partial charge >= 0.3 is 0 Å². The summed E-state index contributed by atoms with van der Waals surface area (Å²) in [6, 6.07) is 21.6. The molecule has 0 spiro atoms. The summed E-state index contributed by atoms with van der Waals surface area (Å²) < 4.78 is 9.84. The monoisotopic (exact) mass is 543 g/mol. The molecule has 1 aliphatic rings. The van der Waals surface area contributed by atoms with Crippen LogP contribution in [-0.4, -0.2) is 22.0 Å². The van der Waals surface area contributed by atoms with Gasteiger partial charge in [0.25, 0.3) is 5.91 Å². The van der Waals surface area contributed by atoms with E-state index in [1.165, 1.54) is 11.1 Å². The topological polar surface area (TPSA) is 47.7 Å². The Morgan fingerprint density at radius 1 is 0.921 bits per heavy atom. The molecular formula is C31H27Cl2N3O2. The molecule has 0 bridgehead atoms. The molecule has 1 N–H and O–H groups in total. The first kappa shape index (κ1) is 24.7. The van der Waals surface area contributed by atoms with Crippen molar-refractivity contribution in [3.05, 3.63) is 99.8 Å². The lowest BCUT2D eigenvalue weighted by Crippen LogP contribution is -2.15. The zero-order chi connectivity index (χ0) is 26.4. The van der Waals surface area contributed by atoms with Gasteiger partial charge in [0, 0.05) is 29.6 Å². The second-order valence-electron chi connectivity index (χ2n) is 9.70. The van der Waals surface area contributed by atoms with Crippen molar-refractivity contribution >= 4 is 40.4 Å². The van der Waals surface area contributed by atoms with E-state index in [1.54, 1.807) is 25.3 Å². The molecule has 0 fully saturated rings. The summed E-state index contributed by atoms with van der Waals surface area (Å²) in [5.74, 6) is 0.569. The summed E-state index contributed by atoms with van der Waals surface area (Å²) >= 11 is 12.4. The van der Waals surface area contributed by atoms with E-state index in [-0.39, 0.29) is 5.91 Å². The number of imidazole rings is 1. The molecule has 3 heterocycles. The van der Waals surface area contributed by atoms with Gasteiger partial charge in [0.1, 0.15) is 17.1 Å². The van der Waals surface area contributed by atoms with Crippen molar-refractivity contribution in [1.29, 1.82) is 0 Å². The van der Waals surface area contributed by atoms with Gasteiger partial charge in [-0.2, -0.15) is 0 Å². The minimum atomic E-state index is -0.205. The van der Waals surface area contributed by atoms with Crippen LogP contribution in [0, 0.1) is 6.92 Å². The second-order valence-corrected chi connectivity index (χ2v) is 10.5. The number of aromatic nitrogens is 2. The van der Waals surface area contributed by atoms with Crippen LogP contribution < -0.4 is 10.1 Å². The number of hydrogen-bond acceptors (Lipinski definition) is 2. The molecule has 5 aromatic rings. The summed E-state index contributed by atoms with van der Waals surface area (Å²) in [6.07, 6.45) is 5.12. The number of aryl methyl sites for hydroxylation is 3. The Bertz CT molecular complexity index is 1660. The van der Waals surface area contributed by atoms with Gasteiger partial charge in [-0.3, -0.25) is 9.20 Å². The summed E-state index contributed by atoms with van der Waals surface area (Å²) in [5.41, 5.74) is 8.83. The lowest BCUT2D eigenvalue weighted by molar-refractivity contribution is 0.102. The van der Waals surface area contributed by atoms with Gasteiger partial charge in [-0.1, -0.05) is 65.2 Å². The minimum absolute atomic E-state index is 0.205. The van der Waals surface area contributed by atoms with Crippen LogP contribution in [0.1, 0.15) is 34.5 Å². The Morgan fingerprint density at radius 2 is 1.66 bits per heavy atom. The molecule has 3 aromatic carbocycles. The predicted molar refractivity (Wildman–Crippen MR) is 155 cm³/mol. The average molecular weight is 544 g/mol. The van der Waals surface area contributed by atoms with Crippen LogP contribution in [0.15, 0.2) is 72.9 Å². The van der Waals surface area contributed by atoms with Gasteiger partial charge in [-0.15, -0.1) is 0 Å². The van der Waals surface area contributed by atoms with Gasteiger partial charge in [0.2, 0.25) is 0 Å². The summed E-state index contributed by atoms with van der Waals surface area (Å²) in [6.45, 7) is 2.99. The number of ether oxygens (including phenoxy) is 1. The number of rotatable bonds is 5. The van der Waals surface area contributed by atoms with Crippen LogP contribution in [0.4, 0.5) is 5.69 Å². The van der Waals surface area contributed by atoms with Crippen LogP contribution in [0.25, 0.3) is 28.0 Å². The van der Waals surface area contributed by atoms with Crippen molar-refractivity contribution in [2.75, 3.05) is 12.4 Å². The maximum Gasteiger partial charge on any atom is 0.273 e. The highest BCUT2D eigenvalue weighted by Gasteiger charge is 2.29. The highest BCUT2D eigenvalue weighted by atomic mass is 35.5. The molecule has 6 rings (SSSR count). The molecule has 0 saturated carbocycles. The Kier molecular flexibility index (Phi) is 6.42. The molecule has 1 aliphatic heterocycles. The maximum absolute atomic E-state index is 14.0. The first-order valence-corrected chi connectivity index (χ1v) is 13.4. The van der Waals surface area contributed by atoms with E-state index in [0.29, 0.717) is 21.4 Å². The van der Waals surface area contributed by atoms with Crippen LogP contribution in [0.5, 0.6) is 5.75 Å². The van der Waals surface area contributed by atoms with Crippen molar-refractivity contribution in [3.63, 3.8) is 0 Å². The van der Waals surface area contributed by atoms with Crippen molar-refractivity contribution < 1.29 is 9.53 Å². The van der Waals surface area contributed by atoms with E-state index in [0.717, 1.165) is 59.6 Å². The molecule has 0 atom stereocenters. The molecule has 0 unspecified atom stereocenters. The smallest absolute Gasteiger partial charge is 0.273 e. The Morgan fingerprint density at radius 3 is 2.37 bits per heavy atom. The van der Waals surface area contributed by atoms with Crippen LogP contribution in [0.2, 0.25) is 10.0 Å². The van der Waals surface area contributed by atoms with Crippen LogP contribution >= 0.6 is 23.2 Å². The number of hydrogen-bond donors (Lipinski definition) is 1. The molecule has 0 aliphatic carbocycles. The van der Waals surface area contributed by atoms with Gasteiger partial charge in [-0.05, 0) is 67.6 Å². The molecular weight excluding hydrogens is 517 g/mol. The number of benzene rings is 3. The van der Waals surface area contributed by atoms with Gasteiger partial charge in [0.15, 0.2) is 0 Å². The maximum atomic E-state index is 14.0. The first-order valence-electron chi connectivity index (χ1n) is 12.7. The average Bonchev–Trinajstić information content (AvgIpc) is 3.34. The van der Waals surface area contributed by atoms with Gasteiger partial charge < -0.3 is 14.6 Å². The predicted octanol–water partition coefficient (Wildman–Crippen LogP) is 8.29. The van der Waals surface area contributed by atoms with Crippen LogP contribution in [0.3, 0.4) is 0 Å². The number of methoxy groups -OCH3 is 1. The molecule has 0 radical (unpaired) electrons. The number of anilines is 1. The fourth-order valence-electron chi connectivity index (χ4n) is 5.40. The lowest BCUT2D eigenvalue weighted by atomic mass is 9.97. The first-order chi connectivity index (χ1) is 18.4. The summed E-state index contributed by atoms with van der Waals surface area (Å²) in [5, 5.41) is 3.90.